The molecule has 134 valence electrons. The lowest BCUT2D eigenvalue weighted by atomic mass is 9.94. The van der Waals surface area contributed by atoms with Gasteiger partial charge in [-0.15, -0.1) is 0 Å². The Morgan fingerprint density at radius 2 is 1.74 bits per heavy atom. The van der Waals surface area contributed by atoms with E-state index < -0.39 is 5.91 Å². The Kier molecular flexibility index (Phi) is 4.14. The van der Waals surface area contributed by atoms with Gasteiger partial charge in [-0.2, -0.15) is 0 Å². The van der Waals surface area contributed by atoms with Gasteiger partial charge in [0.2, 0.25) is 0 Å². The molecule has 5 heteroatoms. The highest BCUT2D eigenvalue weighted by Crippen LogP contribution is 2.37. The monoisotopic (exact) mass is 357 g/mol. The zero-order valence-corrected chi connectivity index (χ0v) is 14.6. The molecule has 0 unspecified atom stereocenters. The smallest absolute Gasteiger partial charge is 0.250 e. The van der Waals surface area contributed by atoms with E-state index in [9.17, 15) is 4.79 Å². The number of para-hydroxylation sites is 1. The maximum absolute atomic E-state index is 11.7. The number of nitrogen functional groups attached to an aromatic ring is 1. The van der Waals surface area contributed by atoms with Crippen LogP contribution in [-0.4, -0.2) is 5.91 Å². The van der Waals surface area contributed by atoms with Crippen LogP contribution in [0.3, 0.4) is 0 Å². The van der Waals surface area contributed by atoms with Crippen LogP contribution in [0.4, 0.5) is 5.69 Å². The summed E-state index contributed by atoms with van der Waals surface area (Å²) < 4.78 is 5.72. The second-order valence-electron chi connectivity index (χ2n) is 6.40. The van der Waals surface area contributed by atoms with Crippen LogP contribution in [0.15, 0.2) is 71.3 Å². The average Bonchev–Trinajstić information content (AvgIpc) is 3.16. The number of anilines is 1. The quantitative estimate of drug-likeness (QED) is 0.481. The fourth-order valence-corrected chi connectivity index (χ4v) is 3.35. The number of nitrogens with two attached hydrogens (primary N) is 3. The fourth-order valence-electron chi connectivity index (χ4n) is 3.35. The lowest BCUT2D eigenvalue weighted by Gasteiger charge is -2.12. The van der Waals surface area contributed by atoms with Crippen molar-refractivity contribution >= 4 is 22.6 Å². The molecule has 0 saturated carbocycles. The van der Waals surface area contributed by atoms with Crippen molar-refractivity contribution < 1.29 is 9.21 Å². The number of fused-ring (bicyclic) bond motifs is 1. The first-order valence-electron chi connectivity index (χ1n) is 8.58. The highest BCUT2D eigenvalue weighted by Gasteiger charge is 2.15. The lowest BCUT2D eigenvalue weighted by molar-refractivity contribution is 0.100. The molecule has 4 aromatic rings. The van der Waals surface area contributed by atoms with Gasteiger partial charge in [-0.25, -0.2) is 0 Å². The second kappa shape index (κ2) is 6.63. The van der Waals surface area contributed by atoms with Crippen LogP contribution in [0.2, 0.25) is 0 Å². The molecule has 6 N–H and O–H groups in total. The van der Waals surface area contributed by atoms with Crippen molar-refractivity contribution in [2.75, 3.05) is 5.73 Å². The highest BCUT2D eigenvalue weighted by molar-refractivity contribution is 6.03. The number of furan rings is 1. The van der Waals surface area contributed by atoms with Gasteiger partial charge in [-0.1, -0.05) is 30.3 Å². The SMILES string of the molecule is NCc1cccc(-c2cc(-c3cccc(C(N)=O)c3N)cc3ccoc23)c1. The van der Waals surface area contributed by atoms with Gasteiger partial charge in [0.15, 0.2) is 0 Å². The first-order valence-corrected chi connectivity index (χ1v) is 8.58. The van der Waals surface area contributed by atoms with Crippen LogP contribution in [0.5, 0.6) is 0 Å². The van der Waals surface area contributed by atoms with Crippen LogP contribution >= 0.6 is 0 Å². The zero-order valence-electron chi connectivity index (χ0n) is 14.6. The molecule has 27 heavy (non-hydrogen) atoms. The molecule has 0 bridgehead atoms. The van der Waals surface area contributed by atoms with E-state index in [0.29, 0.717) is 17.8 Å². The van der Waals surface area contributed by atoms with Gasteiger partial charge >= 0.3 is 0 Å². The molecule has 0 aliphatic heterocycles. The molecule has 0 aliphatic carbocycles. The number of hydrogen-bond donors (Lipinski definition) is 3. The van der Waals surface area contributed by atoms with Gasteiger partial charge in [-0.05, 0) is 47.0 Å². The van der Waals surface area contributed by atoms with Crippen LogP contribution < -0.4 is 17.2 Å². The van der Waals surface area contributed by atoms with E-state index in [1.54, 1.807) is 18.4 Å². The van der Waals surface area contributed by atoms with Crippen molar-refractivity contribution in [3.63, 3.8) is 0 Å². The predicted molar refractivity (Wildman–Crippen MR) is 108 cm³/mol. The summed E-state index contributed by atoms with van der Waals surface area (Å²) in [6, 6.07) is 19.2. The van der Waals surface area contributed by atoms with Crippen molar-refractivity contribution in [1.82, 2.24) is 0 Å². The summed E-state index contributed by atoms with van der Waals surface area (Å²) in [6.45, 7) is 0.461. The summed E-state index contributed by atoms with van der Waals surface area (Å²) in [4.78, 5) is 11.7. The zero-order chi connectivity index (χ0) is 19.0. The van der Waals surface area contributed by atoms with Gasteiger partial charge in [0, 0.05) is 23.1 Å². The van der Waals surface area contributed by atoms with Gasteiger partial charge in [0.25, 0.3) is 5.91 Å². The Labute approximate surface area is 156 Å². The van der Waals surface area contributed by atoms with Crippen LogP contribution in [0.25, 0.3) is 33.2 Å². The molecule has 1 heterocycles. The van der Waals surface area contributed by atoms with E-state index in [-0.39, 0.29) is 0 Å². The average molecular weight is 357 g/mol. The fraction of sp³-hybridized carbons (Fsp3) is 0.0455. The van der Waals surface area contributed by atoms with Crippen molar-refractivity contribution in [3.8, 4) is 22.3 Å². The molecule has 0 aliphatic rings. The van der Waals surface area contributed by atoms with E-state index in [2.05, 4.69) is 0 Å². The third-order valence-electron chi connectivity index (χ3n) is 4.71. The Balaban J connectivity index is 1.97. The Morgan fingerprint density at radius 3 is 2.52 bits per heavy atom. The molecule has 0 fully saturated rings. The standard InChI is InChI=1S/C22H19N3O2/c23-12-13-3-1-4-14(9-13)19-11-16(10-15-7-8-27-21(15)19)17-5-2-6-18(20(17)24)22(25)26/h1-11H,12,23-24H2,(H2,25,26). The second-order valence-corrected chi connectivity index (χ2v) is 6.40. The van der Waals surface area contributed by atoms with Gasteiger partial charge in [-0.3, -0.25) is 4.79 Å². The molecule has 3 aromatic carbocycles. The first-order chi connectivity index (χ1) is 13.1. The first kappa shape index (κ1) is 16.9. The van der Waals surface area contributed by atoms with E-state index >= 15 is 0 Å². The lowest BCUT2D eigenvalue weighted by Crippen LogP contribution is -2.13. The minimum absolute atomic E-state index is 0.312. The minimum Gasteiger partial charge on any atom is -0.464 e. The number of hydrogen-bond acceptors (Lipinski definition) is 4. The third-order valence-corrected chi connectivity index (χ3v) is 4.71. The van der Waals surface area contributed by atoms with E-state index in [4.69, 9.17) is 21.6 Å². The molecule has 1 aromatic heterocycles. The Hall–Kier alpha value is -3.57. The van der Waals surface area contributed by atoms with Gasteiger partial charge < -0.3 is 21.6 Å². The summed E-state index contributed by atoms with van der Waals surface area (Å²) in [6.07, 6.45) is 1.66. The molecule has 0 atom stereocenters. The number of benzene rings is 3. The maximum Gasteiger partial charge on any atom is 0.250 e. The van der Waals surface area contributed by atoms with Gasteiger partial charge in [0.1, 0.15) is 5.58 Å². The molecular formula is C22H19N3O2. The summed E-state index contributed by atoms with van der Waals surface area (Å²) in [7, 11) is 0. The Morgan fingerprint density at radius 1 is 0.926 bits per heavy atom. The molecule has 0 saturated heterocycles. The summed E-state index contributed by atoms with van der Waals surface area (Å²) in [5.41, 5.74) is 23.6. The van der Waals surface area contributed by atoms with E-state index in [1.807, 2.05) is 48.5 Å². The topological polar surface area (TPSA) is 108 Å². The molecule has 5 nitrogen and oxygen atoms in total. The van der Waals surface area contributed by atoms with Gasteiger partial charge in [0.05, 0.1) is 17.5 Å². The number of carbonyl (C=O) groups is 1. The molecule has 4 rings (SSSR count). The molecule has 0 radical (unpaired) electrons. The minimum atomic E-state index is -0.547. The van der Waals surface area contributed by atoms with Crippen molar-refractivity contribution in [1.29, 1.82) is 0 Å². The molecule has 1 amide bonds. The predicted octanol–water partition coefficient (Wildman–Crippen LogP) is 3.91. The highest BCUT2D eigenvalue weighted by atomic mass is 16.3. The molecule has 0 spiro atoms. The number of primary amides is 1. The van der Waals surface area contributed by atoms with Crippen molar-refractivity contribution in [3.05, 3.63) is 78.1 Å². The summed E-state index contributed by atoms with van der Waals surface area (Å²) >= 11 is 0. The number of amides is 1. The Bertz CT molecular complexity index is 1160. The largest absolute Gasteiger partial charge is 0.464 e. The van der Waals surface area contributed by atoms with Crippen molar-refractivity contribution in [2.45, 2.75) is 6.54 Å². The van der Waals surface area contributed by atoms with Crippen LogP contribution in [-0.2, 0) is 6.54 Å². The number of rotatable bonds is 4. The third kappa shape index (κ3) is 2.94. The van der Waals surface area contributed by atoms with Crippen LogP contribution in [0.1, 0.15) is 15.9 Å². The maximum atomic E-state index is 11.7. The number of carbonyl (C=O) groups excluding carboxylic acids is 1. The van der Waals surface area contributed by atoms with Crippen molar-refractivity contribution in [2.24, 2.45) is 11.5 Å². The molecular weight excluding hydrogens is 338 g/mol. The normalized spacial score (nSPS) is 11.0. The van der Waals surface area contributed by atoms with E-state index in [0.717, 1.165) is 38.8 Å². The summed E-state index contributed by atoms with van der Waals surface area (Å²) in [5, 5.41) is 0.949. The van der Waals surface area contributed by atoms with E-state index in [1.165, 1.54) is 0 Å². The van der Waals surface area contributed by atoms with Crippen LogP contribution in [0, 0.1) is 0 Å². The summed E-state index contributed by atoms with van der Waals surface area (Å²) in [5.74, 6) is -0.547.